The van der Waals surface area contributed by atoms with E-state index in [2.05, 4.69) is 50.1 Å². The van der Waals surface area contributed by atoms with Gasteiger partial charge in [-0.05, 0) is 50.7 Å². The molecule has 3 heterocycles. The highest BCUT2D eigenvalue weighted by molar-refractivity contribution is 7.95. The number of hydrogen-bond acceptors (Lipinski definition) is 6. The molecule has 3 aromatic heterocycles. The van der Waals surface area contributed by atoms with Crippen molar-refractivity contribution in [2.24, 2.45) is 35.4 Å². The van der Waals surface area contributed by atoms with E-state index in [4.69, 9.17) is 25.5 Å². The minimum Gasteiger partial charge on any atom is -1.00 e. The SMILES string of the molecule is Cn1c(=N[P+](Cl)(N=c2sc3ccccc3n2C)N=c2sc3ccccc3n2C)sc2ccccc21.[Cl-]. The summed E-state index contributed by atoms with van der Waals surface area (Å²) in [4.78, 5) is 2.40. The molecule has 36 heavy (non-hydrogen) atoms. The summed E-state index contributed by atoms with van der Waals surface area (Å²) in [5.74, 6) is 0. The van der Waals surface area contributed by atoms with Crippen LogP contribution in [0.2, 0.25) is 0 Å². The maximum Gasteiger partial charge on any atom is 0.476 e. The van der Waals surface area contributed by atoms with E-state index in [1.54, 1.807) is 34.0 Å². The van der Waals surface area contributed by atoms with Gasteiger partial charge in [-0.15, -0.1) is 0 Å². The van der Waals surface area contributed by atoms with E-state index in [1.165, 1.54) is 0 Å². The van der Waals surface area contributed by atoms with Crippen molar-refractivity contribution in [3.8, 4) is 0 Å². The third-order valence-electron chi connectivity index (χ3n) is 5.78. The van der Waals surface area contributed by atoms with Gasteiger partial charge in [-0.2, -0.15) is 0 Å². The van der Waals surface area contributed by atoms with Gasteiger partial charge in [0.05, 0.1) is 30.6 Å². The minimum atomic E-state index is -3.07. The first-order valence-electron chi connectivity index (χ1n) is 10.8. The molecular formula is C24H21Cl2N6PS3. The normalized spacial score (nSPS) is 15.2. The van der Waals surface area contributed by atoms with Gasteiger partial charge < -0.3 is 26.1 Å². The Labute approximate surface area is 230 Å². The van der Waals surface area contributed by atoms with Crippen LogP contribution < -0.4 is 26.8 Å². The lowest BCUT2D eigenvalue weighted by Crippen LogP contribution is -3.00. The van der Waals surface area contributed by atoms with Gasteiger partial charge in [-0.25, -0.2) is 0 Å². The highest BCUT2D eigenvalue weighted by Gasteiger charge is 2.39. The zero-order valence-corrected chi connectivity index (χ0v) is 24.4. The summed E-state index contributed by atoms with van der Waals surface area (Å²) in [6.45, 7) is 0. The predicted molar refractivity (Wildman–Crippen MR) is 152 cm³/mol. The third-order valence-corrected chi connectivity index (χ3v) is 11.5. The van der Waals surface area contributed by atoms with Crippen molar-refractivity contribution >= 4 is 83.0 Å². The lowest BCUT2D eigenvalue weighted by atomic mass is 10.3. The van der Waals surface area contributed by atoms with Crippen LogP contribution in [0.4, 0.5) is 0 Å². The van der Waals surface area contributed by atoms with Gasteiger partial charge >= 0.3 is 7.07 Å². The van der Waals surface area contributed by atoms with Gasteiger partial charge in [-0.3, -0.25) is 0 Å². The van der Waals surface area contributed by atoms with Crippen LogP contribution in [0.25, 0.3) is 30.6 Å². The molecule has 12 heteroatoms. The zero-order chi connectivity index (χ0) is 24.2. The van der Waals surface area contributed by atoms with Crippen molar-refractivity contribution in [2.45, 2.75) is 0 Å². The number of aromatic nitrogens is 3. The van der Waals surface area contributed by atoms with Crippen molar-refractivity contribution in [2.75, 3.05) is 0 Å². The Hall–Kier alpha value is -2.26. The number of thiazole rings is 3. The molecule has 0 unspecified atom stereocenters. The van der Waals surface area contributed by atoms with Crippen molar-refractivity contribution in [1.82, 2.24) is 13.7 Å². The number of rotatable bonds is 3. The minimum absolute atomic E-state index is 0. The van der Waals surface area contributed by atoms with E-state index in [0.717, 1.165) is 45.1 Å². The Morgan fingerprint density at radius 2 is 0.833 bits per heavy atom. The van der Waals surface area contributed by atoms with Crippen LogP contribution in [0.1, 0.15) is 0 Å². The molecule has 6 aromatic rings. The lowest BCUT2D eigenvalue weighted by molar-refractivity contribution is -0.00000694. The van der Waals surface area contributed by atoms with Crippen LogP contribution in [0.3, 0.4) is 0 Å². The molecule has 0 spiro atoms. The first kappa shape index (κ1) is 25.4. The van der Waals surface area contributed by atoms with Gasteiger partial charge in [0, 0.05) is 21.1 Å². The fraction of sp³-hybridized carbons (Fsp3) is 0.125. The molecule has 0 saturated heterocycles. The molecule has 0 saturated carbocycles. The molecule has 0 amide bonds. The van der Waals surface area contributed by atoms with E-state index >= 15 is 0 Å². The third kappa shape index (κ3) is 4.49. The second kappa shape index (κ2) is 9.89. The Bertz CT molecular complexity index is 1720. The Balaban J connectivity index is 0.00000267. The number of aryl methyl sites for hydroxylation is 3. The van der Waals surface area contributed by atoms with Crippen LogP contribution in [0, 0.1) is 0 Å². The fourth-order valence-electron chi connectivity index (χ4n) is 3.93. The van der Waals surface area contributed by atoms with E-state index < -0.39 is 7.07 Å². The maximum atomic E-state index is 7.33. The summed E-state index contributed by atoms with van der Waals surface area (Å²) in [6, 6.07) is 24.8. The predicted octanol–water partition coefficient (Wildman–Crippen LogP) is 3.37. The molecule has 0 fully saturated rings. The van der Waals surface area contributed by atoms with Crippen molar-refractivity contribution in [3.05, 3.63) is 87.2 Å². The molecule has 6 nitrogen and oxygen atoms in total. The summed E-state index contributed by atoms with van der Waals surface area (Å²) >= 11 is 12.1. The molecule has 0 N–H and O–H groups in total. The van der Waals surface area contributed by atoms with Crippen molar-refractivity contribution < 1.29 is 12.4 Å². The molecule has 0 aliphatic heterocycles. The quantitative estimate of drug-likeness (QED) is 0.284. The Kier molecular flexibility index (Phi) is 6.98. The topological polar surface area (TPSA) is 51.9 Å². The molecule has 0 atom stereocenters. The molecule has 0 aliphatic rings. The average molecular weight is 592 g/mol. The van der Waals surface area contributed by atoms with Gasteiger partial charge in [0.1, 0.15) is 0 Å². The Morgan fingerprint density at radius 3 is 1.11 bits per heavy atom. The molecule has 0 bridgehead atoms. The largest absolute Gasteiger partial charge is 1.00 e. The number of benzene rings is 3. The maximum absolute atomic E-state index is 7.33. The van der Waals surface area contributed by atoms with Crippen LogP contribution in [-0.2, 0) is 21.1 Å². The Morgan fingerprint density at radius 1 is 0.556 bits per heavy atom. The number of halogens is 2. The van der Waals surface area contributed by atoms with Gasteiger partial charge in [0.25, 0.3) is 0 Å². The number of nitrogens with zero attached hydrogens (tertiary/aromatic N) is 6. The monoisotopic (exact) mass is 590 g/mol. The van der Waals surface area contributed by atoms with E-state index in [9.17, 15) is 0 Å². The first-order valence-corrected chi connectivity index (χ1v) is 15.8. The molecule has 6 rings (SSSR count). The summed E-state index contributed by atoms with van der Waals surface area (Å²) in [5.41, 5.74) is 3.33. The van der Waals surface area contributed by atoms with Crippen LogP contribution >= 0.6 is 52.3 Å². The number of fused-ring (bicyclic) bond motifs is 3. The van der Waals surface area contributed by atoms with Crippen LogP contribution in [0.5, 0.6) is 0 Å². The van der Waals surface area contributed by atoms with E-state index in [-0.39, 0.29) is 12.4 Å². The van der Waals surface area contributed by atoms with E-state index in [1.807, 2.05) is 57.5 Å². The standard InChI is InChI=1S/C24H21ClN6PS3.ClH/c1-29-16-10-4-7-13-19(16)33-22(29)26-32(25,27-23-30(2)17-11-5-8-14-20(17)34-23)28-24-31(3)18-12-6-9-15-21(18)35-24;/h4-15H,1-3H3;1H/q+1;/p-1. The van der Waals surface area contributed by atoms with Crippen LogP contribution in [0.15, 0.2) is 87.1 Å². The van der Waals surface area contributed by atoms with E-state index in [0.29, 0.717) is 0 Å². The fourth-order valence-corrected chi connectivity index (χ4v) is 10.3. The summed E-state index contributed by atoms with van der Waals surface area (Å²) in [5, 5.41) is 0. The highest BCUT2D eigenvalue weighted by Crippen LogP contribution is 2.67. The summed E-state index contributed by atoms with van der Waals surface area (Å²) in [7, 11) is 2.97. The second-order valence-corrected chi connectivity index (χ2v) is 14.0. The second-order valence-electron chi connectivity index (χ2n) is 8.03. The van der Waals surface area contributed by atoms with Crippen molar-refractivity contribution in [3.63, 3.8) is 0 Å². The molecular weight excluding hydrogens is 570 g/mol. The summed E-state index contributed by atoms with van der Waals surface area (Å²) < 4.78 is 24.8. The smallest absolute Gasteiger partial charge is 0.476 e. The lowest BCUT2D eigenvalue weighted by Gasteiger charge is -2.00. The molecule has 3 aromatic carbocycles. The molecule has 0 radical (unpaired) electrons. The summed E-state index contributed by atoms with van der Waals surface area (Å²) in [6.07, 6.45) is 0. The average Bonchev–Trinajstić information content (AvgIpc) is 3.46. The van der Waals surface area contributed by atoms with Crippen molar-refractivity contribution in [1.29, 1.82) is 0 Å². The number of hydrogen-bond donors (Lipinski definition) is 0. The van der Waals surface area contributed by atoms with Gasteiger partial charge in [0.2, 0.25) is 14.4 Å². The number of para-hydroxylation sites is 3. The molecule has 184 valence electrons. The van der Waals surface area contributed by atoms with Gasteiger partial charge in [0.15, 0.2) is 11.2 Å². The molecule has 0 aliphatic carbocycles. The zero-order valence-electron chi connectivity index (χ0n) is 19.5. The highest BCUT2D eigenvalue weighted by atomic mass is 35.7. The van der Waals surface area contributed by atoms with Gasteiger partial charge in [-0.1, -0.05) is 70.4 Å². The first-order chi connectivity index (χ1) is 16.9. The van der Waals surface area contributed by atoms with Crippen LogP contribution in [-0.4, -0.2) is 13.7 Å².